The maximum absolute atomic E-state index is 10.6. The molecule has 0 bridgehead atoms. The molecule has 2 heterocycles. The van der Waals surface area contributed by atoms with Crippen LogP contribution in [-0.4, -0.2) is 0 Å². The molecule has 0 unspecified atom stereocenters. The van der Waals surface area contributed by atoms with E-state index in [1.54, 1.807) is 0 Å². The molecule has 3 nitrogen and oxygen atoms in total. The van der Waals surface area contributed by atoms with E-state index in [2.05, 4.69) is 78.9 Å². The summed E-state index contributed by atoms with van der Waals surface area (Å²) in [4.78, 5) is 0. The first-order valence-corrected chi connectivity index (χ1v) is 15.3. The Morgan fingerprint density at radius 3 is 1.59 bits per heavy atom. The summed E-state index contributed by atoms with van der Waals surface area (Å²) < 4.78 is 12.3. The molecule has 0 aliphatic carbocycles. The Kier molecular flexibility index (Phi) is 5.88. The number of nitriles is 1. The Balaban J connectivity index is 1.29. The van der Waals surface area contributed by atoms with Gasteiger partial charge < -0.3 is 8.83 Å². The minimum atomic E-state index is 0.651. The van der Waals surface area contributed by atoms with Crippen molar-refractivity contribution in [2.75, 3.05) is 0 Å². The van der Waals surface area contributed by atoms with Crippen LogP contribution in [0.3, 0.4) is 0 Å². The van der Waals surface area contributed by atoms with Crippen molar-refractivity contribution in [2.24, 2.45) is 0 Å². The molecule has 0 aliphatic heterocycles. The van der Waals surface area contributed by atoms with Gasteiger partial charge in [0.2, 0.25) is 0 Å². The topological polar surface area (TPSA) is 50.1 Å². The Bertz CT molecular complexity index is 2650. The van der Waals surface area contributed by atoms with E-state index in [0.29, 0.717) is 5.56 Å². The lowest BCUT2D eigenvalue weighted by atomic mass is 9.86. The van der Waals surface area contributed by atoms with Crippen molar-refractivity contribution in [3.05, 3.63) is 157 Å². The lowest BCUT2D eigenvalue weighted by molar-refractivity contribution is 0.668. The maximum atomic E-state index is 10.6. The quantitative estimate of drug-likeness (QED) is 0.206. The molecule has 46 heavy (non-hydrogen) atoms. The summed E-state index contributed by atoms with van der Waals surface area (Å²) in [7, 11) is 0. The van der Waals surface area contributed by atoms with Crippen molar-refractivity contribution < 1.29 is 8.83 Å². The number of rotatable bonds is 4. The number of para-hydroxylation sites is 2. The lowest BCUT2D eigenvalue weighted by Crippen LogP contribution is -1.93. The molecule has 9 aromatic rings. The van der Waals surface area contributed by atoms with Gasteiger partial charge in [0.1, 0.15) is 28.4 Å². The molecule has 214 valence electrons. The van der Waals surface area contributed by atoms with Crippen LogP contribution in [0.1, 0.15) is 5.56 Å². The van der Waals surface area contributed by atoms with E-state index in [0.717, 1.165) is 88.4 Å². The highest BCUT2D eigenvalue weighted by atomic mass is 16.3. The first kappa shape index (κ1) is 26.1. The highest BCUT2D eigenvalue weighted by Crippen LogP contribution is 2.42. The zero-order valence-corrected chi connectivity index (χ0v) is 24.7. The van der Waals surface area contributed by atoms with Crippen LogP contribution in [0.2, 0.25) is 0 Å². The second-order valence-electron chi connectivity index (χ2n) is 11.6. The van der Waals surface area contributed by atoms with Crippen LogP contribution in [0, 0.1) is 11.3 Å². The van der Waals surface area contributed by atoms with Crippen molar-refractivity contribution in [1.82, 2.24) is 0 Å². The van der Waals surface area contributed by atoms with E-state index in [4.69, 9.17) is 8.83 Å². The summed E-state index contributed by atoms with van der Waals surface area (Å²) in [5.41, 5.74) is 12.2. The monoisotopic (exact) mass is 587 g/mol. The van der Waals surface area contributed by atoms with Crippen molar-refractivity contribution in [3.63, 3.8) is 0 Å². The molecule has 9 rings (SSSR count). The molecule has 0 saturated heterocycles. The molecular weight excluding hydrogens is 562 g/mol. The highest BCUT2D eigenvalue weighted by Gasteiger charge is 2.18. The molecule has 7 aromatic carbocycles. The highest BCUT2D eigenvalue weighted by molar-refractivity contribution is 6.08. The Morgan fingerprint density at radius 2 is 0.891 bits per heavy atom. The van der Waals surface area contributed by atoms with Gasteiger partial charge in [0.15, 0.2) is 0 Å². The molecule has 2 aromatic heterocycles. The van der Waals surface area contributed by atoms with Crippen molar-refractivity contribution in [1.29, 1.82) is 5.26 Å². The molecule has 0 saturated carbocycles. The molecule has 0 amide bonds. The summed E-state index contributed by atoms with van der Waals surface area (Å²) in [5, 5.41) is 15.0. The van der Waals surface area contributed by atoms with Crippen LogP contribution in [0.4, 0.5) is 0 Å². The van der Waals surface area contributed by atoms with Crippen molar-refractivity contribution in [3.8, 4) is 50.6 Å². The van der Waals surface area contributed by atoms with Crippen LogP contribution in [0.15, 0.2) is 160 Å². The summed E-state index contributed by atoms with van der Waals surface area (Å²) in [6.07, 6.45) is 0. The fourth-order valence-corrected chi connectivity index (χ4v) is 6.75. The lowest BCUT2D eigenvalue weighted by Gasteiger charge is -2.16. The fourth-order valence-electron chi connectivity index (χ4n) is 6.75. The third kappa shape index (κ3) is 4.13. The van der Waals surface area contributed by atoms with E-state index in [9.17, 15) is 5.26 Å². The predicted molar refractivity (Wildman–Crippen MR) is 187 cm³/mol. The molecule has 0 fully saturated rings. The van der Waals surface area contributed by atoms with E-state index < -0.39 is 0 Å². The van der Waals surface area contributed by atoms with Gasteiger partial charge in [-0.1, -0.05) is 109 Å². The zero-order chi connectivity index (χ0) is 30.6. The molecular formula is C43H25NO2. The summed E-state index contributed by atoms with van der Waals surface area (Å²) >= 11 is 0. The average Bonchev–Trinajstić information content (AvgIpc) is 3.69. The maximum Gasteiger partial charge on any atom is 0.135 e. The number of furan rings is 2. The smallest absolute Gasteiger partial charge is 0.135 e. The molecule has 0 N–H and O–H groups in total. The van der Waals surface area contributed by atoms with Crippen LogP contribution in [0.25, 0.3) is 88.4 Å². The predicted octanol–water partition coefficient (Wildman–Crippen LogP) is 12.0. The van der Waals surface area contributed by atoms with Crippen LogP contribution in [0.5, 0.6) is 0 Å². The normalized spacial score (nSPS) is 11.5. The minimum Gasteiger partial charge on any atom is -0.456 e. The van der Waals surface area contributed by atoms with Crippen LogP contribution in [-0.2, 0) is 0 Å². The number of benzene rings is 7. The van der Waals surface area contributed by atoms with Gasteiger partial charge in [0.25, 0.3) is 0 Å². The third-order valence-electron chi connectivity index (χ3n) is 8.97. The Labute approximate surface area is 265 Å². The van der Waals surface area contributed by atoms with Crippen LogP contribution < -0.4 is 0 Å². The van der Waals surface area contributed by atoms with Gasteiger partial charge in [0, 0.05) is 32.7 Å². The van der Waals surface area contributed by atoms with E-state index in [1.165, 1.54) is 0 Å². The van der Waals surface area contributed by atoms with Gasteiger partial charge in [-0.3, -0.25) is 0 Å². The number of fused-ring (bicyclic) bond motifs is 6. The van der Waals surface area contributed by atoms with Gasteiger partial charge in [0.05, 0.1) is 5.56 Å². The molecule has 0 spiro atoms. The van der Waals surface area contributed by atoms with Gasteiger partial charge >= 0.3 is 0 Å². The Hall–Kier alpha value is -6.37. The number of hydrogen-bond donors (Lipinski definition) is 0. The SMILES string of the molecule is N#Cc1c(-c2ccccc2)cccc1-c1cc(-c2ccc3oc4ccccc4c3c2)ccc1-c1ccc2oc3ccccc3c2c1. The second kappa shape index (κ2) is 10.4. The molecule has 0 aliphatic rings. The first-order valence-electron chi connectivity index (χ1n) is 15.3. The third-order valence-corrected chi connectivity index (χ3v) is 8.97. The molecule has 3 heteroatoms. The average molecular weight is 588 g/mol. The Morgan fingerprint density at radius 1 is 0.348 bits per heavy atom. The van der Waals surface area contributed by atoms with Gasteiger partial charge in [-0.25, -0.2) is 0 Å². The summed E-state index contributed by atoms with van der Waals surface area (Å²) in [6.45, 7) is 0. The van der Waals surface area contributed by atoms with Gasteiger partial charge in [-0.05, 0) is 75.8 Å². The standard InChI is InChI=1S/C43H25NO2/c44-26-39-31(27-9-2-1-3-10-27)13-8-14-33(39)36-23-28(29-18-21-42-37(24-29)34-11-4-6-15-40(34)45-42)17-20-32(36)30-19-22-43-38(25-30)35-12-5-7-16-41(35)46-43/h1-25H. The minimum absolute atomic E-state index is 0.651. The molecule has 0 radical (unpaired) electrons. The zero-order valence-electron chi connectivity index (χ0n) is 24.7. The van der Waals surface area contributed by atoms with E-state index in [-0.39, 0.29) is 0 Å². The summed E-state index contributed by atoms with van der Waals surface area (Å²) in [5.74, 6) is 0. The largest absolute Gasteiger partial charge is 0.456 e. The number of nitrogens with zero attached hydrogens (tertiary/aromatic N) is 1. The first-order chi connectivity index (χ1) is 22.7. The summed E-state index contributed by atoms with van der Waals surface area (Å²) in [6, 6.07) is 54.4. The van der Waals surface area contributed by atoms with E-state index in [1.807, 2.05) is 78.9 Å². The second-order valence-corrected chi connectivity index (χ2v) is 11.6. The van der Waals surface area contributed by atoms with Crippen molar-refractivity contribution >= 4 is 43.9 Å². The van der Waals surface area contributed by atoms with Gasteiger partial charge in [-0.2, -0.15) is 5.26 Å². The fraction of sp³-hybridized carbons (Fsp3) is 0. The van der Waals surface area contributed by atoms with Crippen LogP contribution >= 0.6 is 0 Å². The van der Waals surface area contributed by atoms with Crippen molar-refractivity contribution in [2.45, 2.75) is 0 Å². The molecule has 0 atom stereocenters. The number of hydrogen-bond acceptors (Lipinski definition) is 3. The van der Waals surface area contributed by atoms with Gasteiger partial charge in [-0.15, -0.1) is 0 Å². The van der Waals surface area contributed by atoms with E-state index >= 15 is 0 Å².